The van der Waals surface area contributed by atoms with E-state index in [0.29, 0.717) is 29.4 Å². The topological polar surface area (TPSA) is 77.3 Å². The summed E-state index contributed by atoms with van der Waals surface area (Å²) in [5.74, 6) is 0.830. The van der Waals surface area contributed by atoms with Crippen LogP contribution >= 0.6 is 0 Å². The molecule has 1 amide bonds. The van der Waals surface area contributed by atoms with Gasteiger partial charge in [0, 0.05) is 12.0 Å². The Morgan fingerprint density at radius 2 is 1.81 bits per heavy atom. The summed E-state index contributed by atoms with van der Waals surface area (Å²) in [6.45, 7) is 0. The van der Waals surface area contributed by atoms with Gasteiger partial charge in [-0.15, -0.1) is 0 Å². The number of rotatable bonds is 8. The molecule has 0 bridgehead atoms. The molecule has 0 saturated carbocycles. The van der Waals surface area contributed by atoms with E-state index in [4.69, 9.17) is 9.26 Å². The summed E-state index contributed by atoms with van der Waals surface area (Å²) in [4.78, 5) is 17.2. The van der Waals surface area contributed by atoms with E-state index in [-0.39, 0.29) is 18.1 Å². The van der Waals surface area contributed by atoms with Crippen LogP contribution in [0.3, 0.4) is 0 Å². The number of methoxy groups -OCH3 is 1. The fraction of sp³-hybridized carbons (Fsp3) is 0.160. The zero-order chi connectivity index (χ0) is 22.3. The van der Waals surface area contributed by atoms with Crippen molar-refractivity contribution in [3.8, 4) is 17.1 Å². The Morgan fingerprint density at radius 3 is 2.56 bits per heavy atom. The second kappa shape index (κ2) is 9.87. The number of halogens is 1. The fourth-order valence-corrected chi connectivity index (χ4v) is 3.34. The van der Waals surface area contributed by atoms with Gasteiger partial charge in [0.05, 0.1) is 13.5 Å². The largest absolute Gasteiger partial charge is 0.497 e. The van der Waals surface area contributed by atoms with Gasteiger partial charge in [-0.2, -0.15) is 4.98 Å². The van der Waals surface area contributed by atoms with E-state index < -0.39 is 6.04 Å². The van der Waals surface area contributed by atoms with Gasteiger partial charge in [-0.25, -0.2) is 4.39 Å². The van der Waals surface area contributed by atoms with Crippen LogP contribution < -0.4 is 10.1 Å². The Hall–Kier alpha value is -4.00. The van der Waals surface area contributed by atoms with Gasteiger partial charge in [0.1, 0.15) is 17.6 Å². The van der Waals surface area contributed by atoms with Gasteiger partial charge in [-0.05, 0) is 35.4 Å². The van der Waals surface area contributed by atoms with Crippen molar-refractivity contribution in [3.63, 3.8) is 0 Å². The lowest BCUT2D eigenvalue weighted by atomic mass is 10.0. The molecule has 6 nitrogen and oxygen atoms in total. The lowest BCUT2D eigenvalue weighted by molar-refractivity contribution is -0.121. The lowest BCUT2D eigenvalue weighted by Gasteiger charge is -2.15. The summed E-state index contributed by atoms with van der Waals surface area (Å²) in [6, 6.07) is 22.4. The molecule has 7 heteroatoms. The third kappa shape index (κ3) is 5.37. The molecule has 32 heavy (non-hydrogen) atoms. The van der Waals surface area contributed by atoms with Crippen LogP contribution in [0, 0.1) is 5.82 Å². The molecule has 0 spiro atoms. The smallest absolute Gasteiger partial charge is 0.249 e. The van der Waals surface area contributed by atoms with Crippen LogP contribution in [0.25, 0.3) is 11.4 Å². The van der Waals surface area contributed by atoms with Crippen molar-refractivity contribution >= 4 is 5.91 Å². The van der Waals surface area contributed by atoms with E-state index in [1.807, 2.05) is 54.6 Å². The van der Waals surface area contributed by atoms with Gasteiger partial charge in [-0.3, -0.25) is 4.79 Å². The van der Waals surface area contributed by atoms with Crippen LogP contribution in [-0.4, -0.2) is 23.2 Å². The van der Waals surface area contributed by atoms with E-state index in [9.17, 15) is 9.18 Å². The van der Waals surface area contributed by atoms with Crippen molar-refractivity contribution < 1.29 is 18.4 Å². The number of carbonyl (C=O) groups excluding carboxylic acids is 1. The molecule has 1 aromatic heterocycles. The van der Waals surface area contributed by atoms with Gasteiger partial charge in [0.15, 0.2) is 0 Å². The highest BCUT2D eigenvalue weighted by Crippen LogP contribution is 2.24. The summed E-state index contributed by atoms with van der Waals surface area (Å²) in [7, 11) is 1.59. The number of benzene rings is 3. The molecule has 0 saturated heterocycles. The predicted molar refractivity (Wildman–Crippen MR) is 117 cm³/mol. The van der Waals surface area contributed by atoms with Crippen LogP contribution in [0.1, 0.15) is 23.1 Å². The number of nitrogens with one attached hydrogen (secondary N) is 1. The molecule has 1 N–H and O–H groups in total. The highest BCUT2D eigenvalue weighted by Gasteiger charge is 2.22. The third-order valence-electron chi connectivity index (χ3n) is 4.96. The molecule has 3 aromatic carbocycles. The summed E-state index contributed by atoms with van der Waals surface area (Å²) in [5.41, 5.74) is 2.47. The number of amides is 1. The second-order valence-electron chi connectivity index (χ2n) is 7.30. The average Bonchev–Trinajstić information content (AvgIpc) is 3.31. The molecule has 0 aliphatic heterocycles. The minimum Gasteiger partial charge on any atom is -0.497 e. The van der Waals surface area contributed by atoms with E-state index >= 15 is 0 Å². The van der Waals surface area contributed by atoms with Crippen LogP contribution in [0.2, 0.25) is 0 Å². The third-order valence-corrected chi connectivity index (χ3v) is 4.96. The maximum absolute atomic E-state index is 13.2. The number of ether oxygens (including phenoxy) is 1. The van der Waals surface area contributed by atoms with Gasteiger partial charge in [-0.1, -0.05) is 59.8 Å². The van der Waals surface area contributed by atoms with E-state index in [1.54, 1.807) is 19.2 Å². The lowest BCUT2D eigenvalue weighted by Crippen LogP contribution is -2.31. The van der Waals surface area contributed by atoms with Crippen molar-refractivity contribution in [1.29, 1.82) is 0 Å². The van der Waals surface area contributed by atoms with Gasteiger partial charge >= 0.3 is 0 Å². The Kier molecular flexibility index (Phi) is 6.55. The fourth-order valence-electron chi connectivity index (χ4n) is 3.34. The molecule has 1 heterocycles. The first-order chi connectivity index (χ1) is 15.6. The van der Waals surface area contributed by atoms with Crippen molar-refractivity contribution in [1.82, 2.24) is 15.5 Å². The second-order valence-corrected chi connectivity index (χ2v) is 7.30. The number of hydrogen-bond donors (Lipinski definition) is 1. The molecule has 0 radical (unpaired) electrons. The van der Waals surface area contributed by atoms with Crippen molar-refractivity contribution in [2.24, 2.45) is 0 Å². The number of carbonyl (C=O) groups is 1. The molecule has 4 rings (SSSR count). The molecule has 0 aliphatic rings. The monoisotopic (exact) mass is 431 g/mol. The van der Waals surface area contributed by atoms with Crippen molar-refractivity contribution in [2.75, 3.05) is 7.11 Å². The molecule has 0 aliphatic carbocycles. The Bertz CT molecular complexity index is 1180. The quantitative estimate of drug-likeness (QED) is 0.444. The average molecular weight is 431 g/mol. The Labute approximate surface area is 185 Å². The maximum Gasteiger partial charge on any atom is 0.249 e. The molecular weight excluding hydrogens is 409 g/mol. The first kappa shape index (κ1) is 21.2. The first-order valence-electron chi connectivity index (χ1n) is 10.2. The normalized spacial score (nSPS) is 11.7. The van der Waals surface area contributed by atoms with E-state index in [1.165, 1.54) is 12.1 Å². The standard InChI is InChI=1S/C25H22FN3O3/c1-31-21-9-5-8-19(16-21)24-28-25(32-29-24)22(14-17-6-3-2-4-7-17)27-23(30)15-18-10-12-20(26)13-11-18/h2-13,16,22H,14-15H2,1H3,(H,27,30). The Morgan fingerprint density at radius 1 is 1.03 bits per heavy atom. The zero-order valence-electron chi connectivity index (χ0n) is 17.5. The first-order valence-corrected chi connectivity index (χ1v) is 10.2. The van der Waals surface area contributed by atoms with Gasteiger partial charge in [0.25, 0.3) is 0 Å². The summed E-state index contributed by atoms with van der Waals surface area (Å²) in [6.07, 6.45) is 0.595. The van der Waals surface area contributed by atoms with E-state index in [2.05, 4.69) is 15.5 Å². The number of nitrogens with zero attached hydrogens (tertiary/aromatic N) is 2. The highest BCUT2D eigenvalue weighted by atomic mass is 19.1. The summed E-state index contributed by atoms with van der Waals surface area (Å²) >= 11 is 0. The zero-order valence-corrected chi connectivity index (χ0v) is 17.5. The van der Waals surface area contributed by atoms with Crippen molar-refractivity contribution in [3.05, 3.63) is 102 Å². The number of aromatic nitrogens is 2. The molecule has 4 aromatic rings. The van der Waals surface area contributed by atoms with Crippen LogP contribution in [-0.2, 0) is 17.6 Å². The van der Waals surface area contributed by atoms with Crippen LogP contribution in [0.5, 0.6) is 5.75 Å². The van der Waals surface area contributed by atoms with E-state index in [0.717, 1.165) is 11.1 Å². The molecule has 1 unspecified atom stereocenters. The molecule has 0 fully saturated rings. The Balaban J connectivity index is 1.56. The summed E-state index contributed by atoms with van der Waals surface area (Å²) in [5, 5.41) is 7.07. The van der Waals surface area contributed by atoms with Gasteiger partial charge in [0.2, 0.25) is 17.6 Å². The molecular formula is C25H22FN3O3. The minimum absolute atomic E-state index is 0.114. The highest BCUT2D eigenvalue weighted by molar-refractivity contribution is 5.79. The summed E-state index contributed by atoms with van der Waals surface area (Å²) < 4.78 is 23.9. The molecule has 162 valence electrons. The van der Waals surface area contributed by atoms with Crippen LogP contribution in [0.4, 0.5) is 4.39 Å². The van der Waals surface area contributed by atoms with Crippen LogP contribution in [0.15, 0.2) is 83.4 Å². The minimum atomic E-state index is -0.516. The molecule has 1 atom stereocenters. The number of hydrogen-bond acceptors (Lipinski definition) is 5. The van der Waals surface area contributed by atoms with Crippen molar-refractivity contribution in [2.45, 2.75) is 18.9 Å². The van der Waals surface area contributed by atoms with Gasteiger partial charge < -0.3 is 14.6 Å². The SMILES string of the molecule is COc1cccc(-c2noc(C(Cc3ccccc3)NC(=O)Cc3ccc(F)cc3)n2)c1. The maximum atomic E-state index is 13.2. The predicted octanol–water partition coefficient (Wildman–Crippen LogP) is 4.53.